The van der Waals surface area contributed by atoms with E-state index in [1.165, 1.54) is 0 Å². The fraction of sp³-hybridized carbons (Fsp3) is 0.500. The Kier molecular flexibility index (Phi) is 4.01. The first-order valence-electron chi connectivity index (χ1n) is 7.26. The van der Waals surface area contributed by atoms with Gasteiger partial charge in [-0.2, -0.15) is 5.10 Å². The van der Waals surface area contributed by atoms with E-state index in [2.05, 4.69) is 20.7 Å². The minimum atomic E-state index is -0.566. The summed E-state index contributed by atoms with van der Waals surface area (Å²) >= 11 is 0. The molecule has 0 unspecified atom stereocenters. The molecule has 1 saturated heterocycles. The maximum Gasteiger partial charge on any atom is 0.248 e. The summed E-state index contributed by atoms with van der Waals surface area (Å²) in [5.41, 5.74) is -0.566. The summed E-state index contributed by atoms with van der Waals surface area (Å²) in [6.45, 7) is 2.97. The Morgan fingerprint density at radius 2 is 2.14 bits per heavy atom. The lowest BCUT2D eigenvalue weighted by Gasteiger charge is -2.36. The van der Waals surface area contributed by atoms with Crippen molar-refractivity contribution in [1.82, 2.24) is 30.0 Å². The maximum atomic E-state index is 12.7. The van der Waals surface area contributed by atoms with Crippen molar-refractivity contribution in [3.8, 4) is 0 Å². The molecular weight excluding hydrogens is 268 g/mol. The third-order valence-corrected chi connectivity index (χ3v) is 4.01. The molecule has 1 aliphatic rings. The Morgan fingerprint density at radius 3 is 2.81 bits per heavy atom. The van der Waals surface area contributed by atoms with Gasteiger partial charge in [0.25, 0.3) is 0 Å². The van der Waals surface area contributed by atoms with Crippen LogP contribution in [0, 0.1) is 0 Å². The van der Waals surface area contributed by atoms with Crippen molar-refractivity contribution >= 4 is 5.91 Å². The molecule has 0 radical (unpaired) electrons. The number of piperidine rings is 1. The second-order valence-corrected chi connectivity index (χ2v) is 5.29. The van der Waals surface area contributed by atoms with Crippen LogP contribution in [0.3, 0.4) is 0 Å². The summed E-state index contributed by atoms with van der Waals surface area (Å²) in [6, 6.07) is 1.86. The first kappa shape index (κ1) is 13.8. The van der Waals surface area contributed by atoms with Gasteiger partial charge in [-0.1, -0.05) is 0 Å². The predicted molar refractivity (Wildman–Crippen MR) is 77.5 cm³/mol. The number of carbonyl (C=O) groups is 1. The number of hydrogen-bond acceptors (Lipinski definition) is 4. The summed E-state index contributed by atoms with van der Waals surface area (Å²) in [5.74, 6) is 0.0489. The molecule has 2 aromatic heterocycles. The van der Waals surface area contributed by atoms with E-state index in [1.54, 1.807) is 23.4 Å². The first-order valence-corrected chi connectivity index (χ1v) is 7.26. The molecular formula is C14H20N6O. The Balaban J connectivity index is 1.66. The van der Waals surface area contributed by atoms with Gasteiger partial charge in [-0.3, -0.25) is 9.48 Å². The van der Waals surface area contributed by atoms with Crippen molar-refractivity contribution in [2.75, 3.05) is 19.6 Å². The Labute approximate surface area is 123 Å². The lowest BCUT2D eigenvalue weighted by Crippen LogP contribution is -2.55. The molecule has 3 rings (SSSR count). The van der Waals surface area contributed by atoms with Crippen molar-refractivity contribution in [2.45, 2.75) is 24.9 Å². The van der Waals surface area contributed by atoms with E-state index < -0.39 is 5.54 Å². The van der Waals surface area contributed by atoms with Crippen molar-refractivity contribution in [3.63, 3.8) is 0 Å². The number of carbonyl (C=O) groups excluding carboxylic acids is 1. The molecule has 1 amide bonds. The van der Waals surface area contributed by atoms with E-state index in [4.69, 9.17) is 0 Å². The fourth-order valence-corrected chi connectivity index (χ4v) is 2.80. The van der Waals surface area contributed by atoms with Gasteiger partial charge >= 0.3 is 0 Å². The molecule has 1 aliphatic heterocycles. The van der Waals surface area contributed by atoms with E-state index in [9.17, 15) is 4.79 Å². The topological polar surface area (TPSA) is 76.8 Å². The minimum absolute atomic E-state index is 0.0489. The molecule has 0 atom stereocenters. The summed E-state index contributed by atoms with van der Waals surface area (Å²) in [6.07, 6.45) is 10.5. The van der Waals surface area contributed by atoms with Crippen molar-refractivity contribution in [3.05, 3.63) is 37.2 Å². The van der Waals surface area contributed by atoms with Crippen LogP contribution in [0.4, 0.5) is 0 Å². The summed E-state index contributed by atoms with van der Waals surface area (Å²) < 4.78 is 3.75. The molecule has 7 heteroatoms. The van der Waals surface area contributed by atoms with E-state index in [-0.39, 0.29) is 5.91 Å². The number of nitrogens with zero attached hydrogens (tertiary/aromatic N) is 4. The minimum Gasteiger partial charge on any atom is -0.352 e. The van der Waals surface area contributed by atoms with Crippen LogP contribution < -0.4 is 10.6 Å². The van der Waals surface area contributed by atoms with E-state index in [1.807, 2.05) is 23.0 Å². The number of nitrogens with one attached hydrogen (secondary N) is 2. The SMILES string of the molecule is O=C(NCCn1ccnc1)C1(n2cccn2)CCNCC1. The Bertz CT molecular complexity index is 556. The van der Waals surface area contributed by atoms with Crippen LogP contribution in [0.25, 0.3) is 0 Å². The molecule has 0 aliphatic carbocycles. The summed E-state index contributed by atoms with van der Waals surface area (Å²) in [7, 11) is 0. The number of hydrogen-bond donors (Lipinski definition) is 2. The van der Waals surface area contributed by atoms with E-state index in [0.29, 0.717) is 6.54 Å². The normalized spacial score (nSPS) is 17.5. The lowest BCUT2D eigenvalue weighted by atomic mass is 9.87. The van der Waals surface area contributed by atoms with Crippen LogP contribution in [-0.4, -0.2) is 44.9 Å². The fourth-order valence-electron chi connectivity index (χ4n) is 2.80. The van der Waals surface area contributed by atoms with Crippen LogP contribution in [0.5, 0.6) is 0 Å². The predicted octanol–water partition coefficient (Wildman–Crippen LogP) is -0.0253. The van der Waals surface area contributed by atoms with Crippen LogP contribution in [0.2, 0.25) is 0 Å². The van der Waals surface area contributed by atoms with Crippen LogP contribution in [0.1, 0.15) is 12.8 Å². The van der Waals surface area contributed by atoms with Gasteiger partial charge in [0.1, 0.15) is 5.54 Å². The zero-order valence-electron chi connectivity index (χ0n) is 11.9. The molecule has 0 bridgehead atoms. The first-order chi connectivity index (χ1) is 10.3. The molecule has 21 heavy (non-hydrogen) atoms. The highest BCUT2D eigenvalue weighted by atomic mass is 16.2. The molecule has 7 nitrogen and oxygen atoms in total. The van der Waals surface area contributed by atoms with Gasteiger partial charge in [0, 0.05) is 37.9 Å². The zero-order chi connectivity index (χ0) is 14.5. The average molecular weight is 288 g/mol. The molecule has 112 valence electrons. The monoisotopic (exact) mass is 288 g/mol. The van der Waals surface area contributed by atoms with Gasteiger partial charge in [-0.15, -0.1) is 0 Å². The highest BCUT2D eigenvalue weighted by Crippen LogP contribution is 2.26. The van der Waals surface area contributed by atoms with Crippen molar-refractivity contribution < 1.29 is 4.79 Å². The third-order valence-electron chi connectivity index (χ3n) is 4.01. The molecule has 2 aromatic rings. The highest BCUT2D eigenvalue weighted by Gasteiger charge is 2.41. The smallest absolute Gasteiger partial charge is 0.248 e. The van der Waals surface area contributed by atoms with E-state index >= 15 is 0 Å². The number of aromatic nitrogens is 4. The van der Waals surface area contributed by atoms with Gasteiger partial charge in [0.05, 0.1) is 6.33 Å². The van der Waals surface area contributed by atoms with Gasteiger partial charge < -0.3 is 15.2 Å². The molecule has 0 saturated carbocycles. The largest absolute Gasteiger partial charge is 0.352 e. The number of amides is 1. The number of imidazole rings is 1. The van der Waals surface area contributed by atoms with E-state index in [0.717, 1.165) is 32.5 Å². The summed E-state index contributed by atoms with van der Waals surface area (Å²) in [4.78, 5) is 16.7. The maximum absolute atomic E-state index is 12.7. The molecule has 0 spiro atoms. The molecule has 0 aromatic carbocycles. The van der Waals surface area contributed by atoms with Crippen LogP contribution >= 0.6 is 0 Å². The standard InChI is InChI=1S/C14H20N6O/c21-13(17-8-11-19-10-7-16-12-19)14(2-5-15-6-3-14)20-9-1-4-18-20/h1,4,7,9-10,12,15H,2-3,5-6,8,11H2,(H,17,21). The number of rotatable bonds is 5. The zero-order valence-corrected chi connectivity index (χ0v) is 11.9. The van der Waals surface area contributed by atoms with Gasteiger partial charge in [0.15, 0.2) is 0 Å². The van der Waals surface area contributed by atoms with Crippen LogP contribution in [-0.2, 0) is 16.9 Å². The molecule has 3 heterocycles. The van der Waals surface area contributed by atoms with Crippen molar-refractivity contribution in [2.24, 2.45) is 0 Å². The third kappa shape index (κ3) is 2.82. The Hall–Kier alpha value is -2.15. The van der Waals surface area contributed by atoms with Crippen molar-refractivity contribution in [1.29, 1.82) is 0 Å². The lowest BCUT2D eigenvalue weighted by molar-refractivity contribution is -0.132. The van der Waals surface area contributed by atoms with Crippen LogP contribution in [0.15, 0.2) is 37.2 Å². The second kappa shape index (κ2) is 6.09. The second-order valence-electron chi connectivity index (χ2n) is 5.29. The highest BCUT2D eigenvalue weighted by molar-refractivity contribution is 5.84. The van der Waals surface area contributed by atoms with Gasteiger partial charge in [-0.05, 0) is 32.0 Å². The van der Waals surface area contributed by atoms with Gasteiger partial charge in [-0.25, -0.2) is 4.98 Å². The van der Waals surface area contributed by atoms with Gasteiger partial charge in [0.2, 0.25) is 5.91 Å². The quantitative estimate of drug-likeness (QED) is 0.810. The Morgan fingerprint density at radius 1 is 1.29 bits per heavy atom. The molecule has 2 N–H and O–H groups in total. The average Bonchev–Trinajstić information content (AvgIpc) is 3.21. The molecule has 1 fully saturated rings. The summed E-state index contributed by atoms with van der Waals surface area (Å²) in [5, 5.41) is 10.6.